The monoisotopic (exact) mass is 414 g/mol. The molecule has 0 saturated carbocycles. The van der Waals surface area contributed by atoms with E-state index in [0.29, 0.717) is 6.42 Å². The molecular weight excluding hydrogens is 376 g/mol. The number of hydrogen-bond donors (Lipinski definition) is 0. The van der Waals surface area contributed by atoms with Gasteiger partial charge < -0.3 is 0 Å². The summed E-state index contributed by atoms with van der Waals surface area (Å²) in [4.78, 5) is 10.9. The Morgan fingerprint density at radius 3 is 1.33 bits per heavy atom. The van der Waals surface area contributed by atoms with Crippen LogP contribution in [0.4, 0.5) is 0 Å². The second kappa shape index (κ2) is 18.3. The third-order valence-corrected chi connectivity index (χ3v) is 4.67. The van der Waals surface area contributed by atoms with Crippen LogP contribution in [0.1, 0.15) is 110 Å². The Labute approximate surface area is 146 Å². The number of hydrogen-bond acceptors (Lipinski definition) is 2. The predicted molar refractivity (Wildman–Crippen MR) is 92.8 cm³/mol. The zero-order valence-corrected chi connectivity index (χ0v) is 16.6. The summed E-state index contributed by atoms with van der Waals surface area (Å²) in [7, 11) is 0. The van der Waals surface area contributed by atoms with Crippen LogP contribution in [0, 0.1) is 0 Å². The van der Waals surface area contributed by atoms with Gasteiger partial charge in [0.2, 0.25) is 0 Å². The van der Waals surface area contributed by atoms with Gasteiger partial charge in [-0.25, -0.2) is 0 Å². The van der Waals surface area contributed by atoms with Crippen molar-refractivity contribution in [2.24, 2.45) is 0 Å². The first kappa shape index (κ1) is 21.3. The summed E-state index contributed by atoms with van der Waals surface area (Å²) in [5.41, 5.74) is 0. The molecule has 0 amide bonds. The van der Waals surface area contributed by atoms with Crippen LogP contribution in [0.2, 0.25) is 0 Å². The molecule has 0 rings (SSSR count). The first-order valence-corrected chi connectivity index (χ1v) is 10.2. The van der Waals surface area contributed by atoms with Gasteiger partial charge in [0, 0.05) is 0 Å². The van der Waals surface area contributed by atoms with Gasteiger partial charge in [-0.05, 0) is 0 Å². The maximum atomic E-state index is 10.9. The molecule has 3 heteroatoms. The quantitative estimate of drug-likeness (QED) is 0.244. The summed E-state index contributed by atoms with van der Waals surface area (Å²) in [5, 5.41) is 0. The van der Waals surface area contributed by atoms with Gasteiger partial charge >= 0.3 is 101 Å². The molecule has 0 fully saturated rings. The van der Waals surface area contributed by atoms with Crippen molar-refractivity contribution < 1.29 is 7.90 Å². The van der Waals surface area contributed by atoms with Crippen LogP contribution in [-0.4, -0.2) is 28.7 Å². The molecule has 0 saturated heterocycles. The van der Waals surface area contributed by atoms with Gasteiger partial charge in [-0.15, -0.1) is 0 Å². The van der Waals surface area contributed by atoms with E-state index in [1.54, 1.807) is 0 Å². The van der Waals surface area contributed by atoms with Gasteiger partial charge in [0.25, 0.3) is 0 Å². The van der Waals surface area contributed by atoms with Crippen LogP contribution in [0.25, 0.3) is 0 Å². The van der Waals surface area contributed by atoms with E-state index in [0.717, 1.165) is 29.1 Å². The minimum absolute atomic E-state index is 0.0429. The molecule has 0 bridgehead atoms. The Hall–Kier alpha value is 0.260. The van der Waals surface area contributed by atoms with Crippen LogP contribution in [-0.2, 0) is 7.90 Å². The number of carbonyl (C=O) groups is 1. The Balaban J connectivity index is 2.98. The molecule has 0 aromatic heterocycles. The molecule has 126 valence electrons. The van der Waals surface area contributed by atoms with E-state index in [-0.39, 0.29) is 5.97 Å². The summed E-state index contributed by atoms with van der Waals surface area (Å²) < 4.78 is 4.68. The zero-order chi connectivity index (χ0) is 15.6. The van der Waals surface area contributed by atoms with Gasteiger partial charge in [-0.1, -0.05) is 45.4 Å². The van der Waals surface area contributed by atoms with Crippen LogP contribution < -0.4 is 0 Å². The Morgan fingerprint density at radius 2 is 1.00 bits per heavy atom. The summed E-state index contributed by atoms with van der Waals surface area (Å²) in [6.07, 6.45) is 21.0. The molecule has 0 heterocycles. The van der Waals surface area contributed by atoms with E-state index < -0.39 is 0 Å². The molecule has 0 radical (unpaired) electrons. The average Bonchev–Trinajstić information content (AvgIpc) is 2.50. The van der Waals surface area contributed by atoms with Gasteiger partial charge in [0.05, 0.1) is 0 Å². The van der Waals surface area contributed by atoms with E-state index in [1.165, 1.54) is 89.9 Å². The summed E-state index contributed by atoms with van der Waals surface area (Å²) in [5.74, 6) is -0.0429. The molecule has 0 N–H and O–H groups in total. The third kappa shape index (κ3) is 18.2. The molecule has 0 aliphatic rings. The van der Waals surface area contributed by atoms with Crippen molar-refractivity contribution in [3.63, 3.8) is 0 Å². The van der Waals surface area contributed by atoms with Gasteiger partial charge in [-0.2, -0.15) is 0 Å². The summed E-state index contributed by atoms with van der Waals surface area (Å²) in [6.45, 7) is 2.28. The first-order chi connectivity index (χ1) is 10.3. The Morgan fingerprint density at radius 1 is 0.667 bits per heavy atom. The first-order valence-electron chi connectivity index (χ1n) is 9.15. The molecule has 0 aliphatic heterocycles. The fourth-order valence-corrected chi connectivity index (χ4v) is 2.95. The molecule has 0 unspecified atom stereocenters. The molecule has 0 atom stereocenters. The van der Waals surface area contributed by atoms with E-state index in [4.69, 9.17) is 0 Å². The molecule has 0 spiro atoms. The number of rotatable bonds is 16. The molecule has 2 nitrogen and oxygen atoms in total. The van der Waals surface area contributed by atoms with Crippen LogP contribution in [0.15, 0.2) is 0 Å². The van der Waals surface area contributed by atoms with Crippen molar-refractivity contribution >= 4 is 28.7 Å². The number of carbonyl (C=O) groups excluding carboxylic acids is 1. The topological polar surface area (TPSA) is 26.3 Å². The van der Waals surface area contributed by atoms with E-state index >= 15 is 0 Å². The van der Waals surface area contributed by atoms with Gasteiger partial charge in [0.15, 0.2) is 0 Å². The maximum absolute atomic E-state index is 10.9. The molecule has 0 aliphatic carbocycles. The van der Waals surface area contributed by atoms with E-state index in [1.807, 2.05) is 0 Å². The SMILES string of the molecule is CCCCCCCCCCCCCCCCCC(=O)O[TeH]. The Bertz CT molecular complexity index is 219. The predicted octanol–water partition coefficient (Wildman–Crippen LogP) is 5.61. The van der Waals surface area contributed by atoms with Crippen molar-refractivity contribution in [2.45, 2.75) is 110 Å². The van der Waals surface area contributed by atoms with Crippen LogP contribution >= 0.6 is 0 Å². The Kier molecular flexibility index (Phi) is 18.5. The number of unbranched alkanes of at least 4 members (excludes halogenated alkanes) is 14. The standard InChI is InChI=1S/C18H36O2Te/c1-2-3-4-5-6-7-8-9-10-11-12-13-14-15-16-17-18(19)20-21/h21H,2-17H2,1H3. The van der Waals surface area contributed by atoms with Crippen LogP contribution in [0.5, 0.6) is 0 Å². The van der Waals surface area contributed by atoms with Gasteiger partial charge in [0.1, 0.15) is 0 Å². The second-order valence-corrected chi connectivity index (χ2v) is 6.68. The van der Waals surface area contributed by atoms with Crippen molar-refractivity contribution in [3.05, 3.63) is 0 Å². The average molecular weight is 412 g/mol. The molecule has 0 aromatic rings. The fourth-order valence-electron chi connectivity index (χ4n) is 2.69. The van der Waals surface area contributed by atoms with Crippen molar-refractivity contribution in [1.29, 1.82) is 0 Å². The molecule has 0 aromatic carbocycles. The minimum atomic E-state index is -0.0429. The van der Waals surface area contributed by atoms with Crippen molar-refractivity contribution in [1.82, 2.24) is 0 Å². The molecule has 21 heavy (non-hydrogen) atoms. The zero-order valence-electron chi connectivity index (χ0n) is 14.1. The van der Waals surface area contributed by atoms with Gasteiger partial charge in [-0.3, -0.25) is 0 Å². The van der Waals surface area contributed by atoms with E-state index in [9.17, 15) is 4.79 Å². The molecular formula is C18H36O2Te. The van der Waals surface area contributed by atoms with Crippen molar-refractivity contribution in [3.8, 4) is 0 Å². The normalized spacial score (nSPS) is 10.8. The summed E-state index contributed by atoms with van der Waals surface area (Å²) in [6, 6.07) is 0. The van der Waals surface area contributed by atoms with Crippen molar-refractivity contribution in [2.75, 3.05) is 0 Å². The third-order valence-electron chi connectivity index (χ3n) is 4.09. The second-order valence-electron chi connectivity index (χ2n) is 6.16. The van der Waals surface area contributed by atoms with Crippen LogP contribution in [0.3, 0.4) is 0 Å². The summed E-state index contributed by atoms with van der Waals surface area (Å²) >= 11 is 1.13. The fraction of sp³-hybridized carbons (Fsp3) is 0.944. The van der Waals surface area contributed by atoms with E-state index in [2.05, 4.69) is 10.0 Å².